The maximum Gasteiger partial charge on any atom is 0.217 e. The number of primary amides is 1. The van der Waals surface area contributed by atoms with Crippen molar-refractivity contribution in [2.24, 2.45) is 5.73 Å². The molecular weight excluding hydrogens is 190 g/mol. The summed E-state index contributed by atoms with van der Waals surface area (Å²) in [7, 11) is 0. The first-order valence-corrected chi connectivity index (χ1v) is 5.06. The van der Waals surface area contributed by atoms with Crippen molar-refractivity contribution in [2.45, 2.75) is 19.3 Å². The molecule has 0 unspecified atom stereocenters. The van der Waals surface area contributed by atoms with Crippen molar-refractivity contribution >= 4 is 17.3 Å². The Balaban J connectivity index is 2.17. The number of nitrogens with one attached hydrogen (secondary N) is 1. The van der Waals surface area contributed by atoms with Gasteiger partial charge in [0.1, 0.15) is 0 Å². The van der Waals surface area contributed by atoms with E-state index in [0.717, 1.165) is 30.8 Å². The molecule has 1 rings (SSSR count). The number of benzene rings is 1. The number of nitrogens with two attached hydrogens (primary N) is 2. The average molecular weight is 207 g/mol. The van der Waals surface area contributed by atoms with Crippen LogP contribution in [0.4, 0.5) is 11.4 Å². The Hall–Kier alpha value is -1.71. The summed E-state index contributed by atoms with van der Waals surface area (Å²) in [5.74, 6) is -0.237. The normalized spacial score (nSPS) is 9.87. The van der Waals surface area contributed by atoms with E-state index < -0.39 is 0 Å². The number of anilines is 2. The van der Waals surface area contributed by atoms with Gasteiger partial charge in [0.25, 0.3) is 0 Å². The average Bonchev–Trinajstić information content (AvgIpc) is 2.17. The Morgan fingerprint density at radius 2 is 2.13 bits per heavy atom. The molecule has 15 heavy (non-hydrogen) atoms. The topological polar surface area (TPSA) is 81.1 Å². The van der Waals surface area contributed by atoms with Gasteiger partial charge in [-0.15, -0.1) is 0 Å². The molecule has 0 spiro atoms. The highest BCUT2D eigenvalue weighted by atomic mass is 16.1. The minimum Gasteiger partial charge on any atom is -0.399 e. The monoisotopic (exact) mass is 207 g/mol. The van der Waals surface area contributed by atoms with E-state index >= 15 is 0 Å². The molecule has 0 saturated heterocycles. The molecule has 4 heteroatoms. The van der Waals surface area contributed by atoms with Crippen molar-refractivity contribution in [3.8, 4) is 0 Å². The smallest absolute Gasteiger partial charge is 0.217 e. The van der Waals surface area contributed by atoms with Crippen LogP contribution in [0.15, 0.2) is 24.3 Å². The fourth-order valence-corrected chi connectivity index (χ4v) is 1.31. The zero-order valence-electron chi connectivity index (χ0n) is 8.70. The van der Waals surface area contributed by atoms with Crippen LogP contribution in [-0.2, 0) is 4.79 Å². The van der Waals surface area contributed by atoms with Crippen LogP contribution >= 0.6 is 0 Å². The number of carbonyl (C=O) groups excluding carboxylic acids is 1. The van der Waals surface area contributed by atoms with Crippen molar-refractivity contribution in [1.82, 2.24) is 0 Å². The number of unbranched alkanes of at least 4 members (excludes halogenated alkanes) is 1. The molecule has 1 aromatic rings. The van der Waals surface area contributed by atoms with Crippen molar-refractivity contribution in [2.75, 3.05) is 17.6 Å². The van der Waals surface area contributed by atoms with Gasteiger partial charge >= 0.3 is 0 Å². The molecule has 1 aromatic carbocycles. The molecule has 0 aliphatic rings. The summed E-state index contributed by atoms with van der Waals surface area (Å²) in [6.45, 7) is 0.830. The van der Waals surface area contributed by atoms with Crippen LogP contribution in [0.1, 0.15) is 19.3 Å². The summed E-state index contributed by atoms with van der Waals surface area (Å²) >= 11 is 0. The summed E-state index contributed by atoms with van der Waals surface area (Å²) in [6.07, 6.45) is 2.21. The van der Waals surface area contributed by atoms with Crippen LogP contribution in [-0.4, -0.2) is 12.5 Å². The minimum atomic E-state index is -0.237. The standard InChI is InChI=1S/C11H17N3O/c12-9-4-3-5-10(8-9)14-7-2-1-6-11(13)15/h3-5,8,14H,1-2,6-7,12H2,(H2,13,15). The molecule has 0 aromatic heterocycles. The van der Waals surface area contributed by atoms with Gasteiger partial charge in [-0.1, -0.05) is 6.07 Å². The predicted molar refractivity (Wildman–Crippen MR) is 62.4 cm³/mol. The first-order valence-electron chi connectivity index (χ1n) is 5.06. The third kappa shape index (κ3) is 4.90. The van der Waals surface area contributed by atoms with Gasteiger partial charge < -0.3 is 16.8 Å². The molecule has 1 amide bonds. The van der Waals surface area contributed by atoms with Crippen LogP contribution in [0.2, 0.25) is 0 Å². The number of amides is 1. The number of rotatable bonds is 6. The number of hydrogen-bond acceptors (Lipinski definition) is 3. The molecule has 0 aliphatic carbocycles. The quantitative estimate of drug-likeness (QED) is 0.486. The third-order valence-corrected chi connectivity index (χ3v) is 2.07. The van der Waals surface area contributed by atoms with Gasteiger partial charge in [0, 0.05) is 24.3 Å². The lowest BCUT2D eigenvalue weighted by Gasteiger charge is -2.06. The van der Waals surface area contributed by atoms with Crippen LogP contribution in [0, 0.1) is 0 Å². The summed E-state index contributed by atoms with van der Waals surface area (Å²) in [6, 6.07) is 7.60. The zero-order valence-corrected chi connectivity index (χ0v) is 8.70. The Morgan fingerprint density at radius 1 is 1.33 bits per heavy atom. The third-order valence-electron chi connectivity index (χ3n) is 2.07. The lowest BCUT2D eigenvalue weighted by Crippen LogP contribution is -2.10. The van der Waals surface area contributed by atoms with Crippen molar-refractivity contribution in [3.63, 3.8) is 0 Å². The summed E-state index contributed by atoms with van der Waals surface area (Å²) < 4.78 is 0. The lowest BCUT2D eigenvalue weighted by atomic mass is 10.2. The molecule has 4 nitrogen and oxygen atoms in total. The highest BCUT2D eigenvalue weighted by molar-refractivity contribution is 5.73. The summed E-state index contributed by atoms with van der Waals surface area (Å²) in [5.41, 5.74) is 12.4. The van der Waals surface area contributed by atoms with Crippen molar-refractivity contribution in [1.29, 1.82) is 0 Å². The van der Waals surface area contributed by atoms with E-state index in [2.05, 4.69) is 5.32 Å². The second kappa shape index (κ2) is 5.90. The lowest BCUT2D eigenvalue weighted by molar-refractivity contribution is -0.118. The molecule has 0 saturated carbocycles. The van der Waals surface area contributed by atoms with Gasteiger partial charge in [-0.3, -0.25) is 4.79 Å². The molecule has 5 N–H and O–H groups in total. The van der Waals surface area contributed by atoms with Gasteiger partial charge in [0.2, 0.25) is 5.91 Å². The van der Waals surface area contributed by atoms with E-state index in [4.69, 9.17) is 11.5 Å². The van der Waals surface area contributed by atoms with Crippen LogP contribution in [0.25, 0.3) is 0 Å². The van der Waals surface area contributed by atoms with Gasteiger partial charge in [-0.05, 0) is 31.0 Å². The van der Waals surface area contributed by atoms with Gasteiger partial charge in [-0.25, -0.2) is 0 Å². The van der Waals surface area contributed by atoms with E-state index in [1.54, 1.807) is 0 Å². The number of hydrogen-bond donors (Lipinski definition) is 3. The van der Waals surface area contributed by atoms with Crippen molar-refractivity contribution in [3.05, 3.63) is 24.3 Å². The van der Waals surface area contributed by atoms with Crippen LogP contribution in [0.5, 0.6) is 0 Å². The Bertz CT molecular complexity index is 325. The number of nitrogen functional groups attached to an aromatic ring is 1. The van der Waals surface area contributed by atoms with E-state index in [0.29, 0.717) is 6.42 Å². The Kier molecular flexibility index (Phi) is 4.47. The van der Waals surface area contributed by atoms with E-state index in [1.165, 1.54) is 0 Å². The number of carbonyl (C=O) groups is 1. The maximum atomic E-state index is 10.5. The molecule has 0 aliphatic heterocycles. The Labute approximate surface area is 89.6 Å². The van der Waals surface area contributed by atoms with Gasteiger partial charge in [0.05, 0.1) is 0 Å². The first-order chi connectivity index (χ1) is 7.18. The molecular formula is C11H17N3O. The predicted octanol–water partition coefficient (Wildman–Crippen LogP) is 1.34. The van der Waals surface area contributed by atoms with Crippen LogP contribution < -0.4 is 16.8 Å². The zero-order chi connectivity index (χ0) is 11.1. The fourth-order valence-electron chi connectivity index (χ4n) is 1.31. The Morgan fingerprint density at radius 3 is 2.80 bits per heavy atom. The molecule has 0 fully saturated rings. The van der Waals surface area contributed by atoms with Crippen LogP contribution in [0.3, 0.4) is 0 Å². The second-order valence-corrected chi connectivity index (χ2v) is 3.48. The van der Waals surface area contributed by atoms with Crippen molar-refractivity contribution < 1.29 is 4.79 Å². The largest absolute Gasteiger partial charge is 0.399 e. The molecule has 0 radical (unpaired) electrons. The molecule has 0 heterocycles. The van der Waals surface area contributed by atoms with Gasteiger partial charge in [-0.2, -0.15) is 0 Å². The molecule has 0 atom stereocenters. The summed E-state index contributed by atoms with van der Waals surface area (Å²) in [4.78, 5) is 10.5. The van der Waals surface area contributed by atoms with Gasteiger partial charge in [0.15, 0.2) is 0 Å². The minimum absolute atomic E-state index is 0.237. The fraction of sp³-hybridized carbons (Fsp3) is 0.364. The highest BCUT2D eigenvalue weighted by Crippen LogP contribution is 2.11. The second-order valence-electron chi connectivity index (χ2n) is 3.48. The molecule has 0 bridgehead atoms. The SMILES string of the molecule is NC(=O)CCCCNc1cccc(N)c1. The van der Waals surface area contributed by atoms with E-state index in [-0.39, 0.29) is 5.91 Å². The van der Waals surface area contributed by atoms with E-state index in [1.807, 2.05) is 24.3 Å². The maximum absolute atomic E-state index is 10.5. The molecule has 82 valence electrons. The highest BCUT2D eigenvalue weighted by Gasteiger charge is 1.95. The van der Waals surface area contributed by atoms with E-state index in [9.17, 15) is 4.79 Å². The first kappa shape index (κ1) is 11.4. The summed E-state index contributed by atoms with van der Waals surface area (Å²) in [5, 5.41) is 3.23.